The van der Waals surface area contributed by atoms with Crippen LogP contribution >= 0.6 is 11.6 Å². The summed E-state index contributed by atoms with van der Waals surface area (Å²) < 4.78 is 62.7. The van der Waals surface area contributed by atoms with Gasteiger partial charge in [-0.3, -0.25) is 9.69 Å². The molecule has 2 saturated carbocycles. The Kier molecular flexibility index (Phi) is 17.9. The number of hydrogen-bond acceptors (Lipinski definition) is 6. The van der Waals surface area contributed by atoms with Gasteiger partial charge in [-0.15, -0.1) is 13.2 Å². The van der Waals surface area contributed by atoms with Gasteiger partial charge in [0.05, 0.1) is 11.7 Å². The first-order valence-electron chi connectivity index (χ1n) is 15.3. The van der Waals surface area contributed by atoms with Crippen LogP contribution in [0.15, 0.2) is 30.3 Å². The molecule has 258 valence electrons. The average molecular weight is 675 g/mol. The van der Waals surface area contributed by atoms with Crippen molar-refractivity contribution in [3.63, 3.8) is 0 Å². The largest absolute Gasteiger partial charge is 0.573 e. The van der Waals surface area contributed by atoms with Crippen molar-refractivity contribution in [2.45, 2.75) is 96.7 Å². The second-order valence-electron chi connectivity index (χ2n) is 11.2. The number of carbonyl (C=O) groups is 1. The fraction of sp³-hybridized carbons (Fsp3) is 0.559. The van der Waals surface area contributed by atoms with Gasteiger partial charge in [0, 0.05) is 37.8 Å². The molecule has 0 saturated heterocycles. The molecule has 7 nitrogen and oxygen atoms in total. The molecule has 0 aliphatic heterocycles. The Bertz CT molecular complexity index is 1260. The Labute approximate surface area is 275 Å². The molecule has 2 aromatic carbocycles. The zero-order valence-corrected chi connectivity index (χ0v) is 28.1. The van der Waals surface area contributed by atoms with Gasteiger partial charge in [0.1, 0.15) is 23.4 Å². The number of aliphatic hydroxyl groups is 2. The number of terminal acetylenes is 1. The Morgan fingerprint density at radius 1 is 1.11 bits per heavy atom. The Hall–Kier alpha value is -3.20. The highest BCUT2D eigenvalue weighted by molar-refractivity contribution is 6.30. The quantitative estimate of drug-likeness (QED) is 0.156. The third-order valence-corrected chi connectivity index (χ3v) is 7.69. The van der Waals surface area contributed by atoms with Crippen molar-refractivity contribution in [2.24, 2.45) is 5.92 Å². The summed E-state index contributed by atoms with van der Waals surface area (Å²) in [5.74, 6) is 0.171. The van der Waals surface area contributed by atoms with E-state index < -0.39 is 23.8 Å². The fourth-order valence-corrected chi connectivity index (χ4v) is 4.88. The van der Waals surface area contributed by atoms with Gasteiger partial charge in [-0.05, 0) is 86.4 Å². The first-order valence-corrected chi connectivity index (χ1v) is 15.6. The normalized spacial score (nSPS) is 15.0. The van der Waals surface area contributed by atoms with Crippen molar-refractivity contribution < 1.29 is 42.0 Å². The zero-order valence-electron chi connectivity index (χ0n) is 27.4. The van der Waals surface area contributed by atoms with E-state index in [1.807, 2.05) is 20.9 Å². The van der Waals surface area contributed by atoms with E-state index in [2.05, 4.69) is 28.3 Å². The van der Waals surface area contributed by atoms with E-state index in [-0.39, 0.29) is 28.5 Å². The predicted octanol–water partition coefficient (Wildman–Crippen LogP) is 8.05. The number of rotatable bonds is 12. The lowest BCUT2D eigenvalue weighted by Crippen LogP contribution is -2.35. The van der Waals surface area contributed by atoms with Crippen LogP contribution in [0.25, 0.3) is 0 Å². The summed E-state index contributed by atoms with van der Waals surface area (Å²) in [4.78, 5) is 14.2. The number of benzene rings is 2. The van der Waals surface area contributed by atoms with E-state index in [0.717, 1.165) is 49.5 Å². The van der Waals surface area contributed by atoms with Crippen LogP contribution in [0, 0.1) is 24.3 Å². The minimum atomic E-state index is -4.83. The molecule has 0 heterocycles. The van der Waals surface area contributed by atoms with Crippen molar-refractivity contribution in [3.8, 4) is 24.0 Å². The number of amides is 1. The predicted molar refractivity (Wildman–Crippen MR) is 172 cm³/mol. The molecular formula is C34H47ClF4N2O5. The van der Waals surface area contributed by atoms with E-state index in [4.69, 9.17) is 26.6 Å². The van der Waals surface area contributed by atoms with Crippen LogP contribution in [-0.2, 0) is 6.54 Å². The molecule has 12 heteroatoms. The van der Waals surface area contributed by atoms with E-state index in [1.165, 1.54) is 44.2 Å². The van der Waals surface area contributed by atoms with Crippen molar-refractivity contribution in [3.05, 3.63) is 57.9 Å². The lowest BCUT2D eigenvalue weighted by Gasteiger charge is -2.31. The van der Waals surface area contributed by atoms with Gasteiger partial charge in [0.15, 0.2) is 0 Å². The minimum Gasteiger partial charge on any atom is -0.490 e. The van der Waals surface area contributed by atoms with Gasteiger partial charge in [0.2, 0.25) is 0 Å². The van der Waals surface area contributed by atoms with Crippen LogP contribution < -0.4 is 14.8 Å². The summed E-state index contributed by atoms with van der Waals surface area (Å²) >= 11 is 5.99. The summed E-state index contributed by atoms with van der Waals surface area (Å²) in [6.45, 7) is 6.75. The summed E-state index contributed by atoms with van der Waals surface area (Å²) in [6, 6.07) is 6.90. The molecule has 2 atom stereocenters. The Morgan fingerprint density at radius 3 is 2.13 bits per heavy atom. The molecular weight excluding hydrogens is 628 g/mol. The number of carbonyl (C=O) groups excluding carboxylic acids is 1. The first-order chi connectivity index (χ1) is 21.7. The maximum atomic E-state index is 14.8. The molecule has 0 bridgehead atoms. The second kappa shape index (κ2) is 20.1. The van der Waals surface area contributed by atoms with Crippen LogP contribution in [0.1, 0.15) is 93.1 Å². The number of ether oxygens (including phenoxy) is 2. The monoisotopic (exact) mass is 674 g/mol. The van der Waals surface area contributed by atoms with E-state index in [1.54, 1.807) is 6.07 Å². The average Bonchev–Trinajstić information content (AvgIpc) is 3.93. The number of hydrogen-bond donors (Lipinski definition) is 3. The molecule has 0 aromatic heterocycles. The molecule has 46 heavy (non-hydrogen) atoms. The summed E-state index contributed by atoms with van der Waals surface area (Å²) in [5, 5.41) is 16.7. The third-order valence-electron chi connectivity index (χ3n) is 7.47. The molecule has 2 fully saturated rings. The Balaban J connectivity index is 0.00000103. The first kappa shape index (κ1) is 40.8. The number of nitrogens with zero attached hydrogens (tertiary/aromatic N) is 1. The van der Waals surface area contributed by atoms with E-state index in [9.17, 15) is 22.4 Å². The van der Waals surface area contributed by atoms with Crippen LogP contribution in [-0.4, -0.2) is 60.7 Å². The minimum absolute atomic E-state index is 0.0534. The fourth-order valence-electron chi connectivity index (χ4n) is 4.67. The van der Waals surface area contributed by atoms with Crippen LogP contribution in [0.3, 0.4) is 0 Å². The lowest BCUT2D eigenvalue weighted by atomic mass is 9.97. The highest BCUT2D eigenvalue weighted by Crippen LogP contribution is 2.43. The standard InChI is InChI=1S/C27H33ClF4N2O3.C4H8.C2H2O.CH4O/c1-5-19(12-20(6-2)36-21-10-18(28)11-22(13-21)37-27(30,31)32)34(4)15-17-9-25(29)24(26(35)33-3)14-23(17)16-7-8-16;1-4-2-3-4;1-2-3;1-2/h9-11,13-14,16,19-20H,5-8,12,15H2,1-4H3,(H,33,35);4H,2-3H2,1H3;1,3H;2H,1H3/t19-,20-;;;/m0.../s1. The Morgan fingerprint density at radius 2 is 1.67 bits per heavy atom. The number of aliphatic hydroxyl groups excluding tert-OH is 2. The third kappa shape index (κ3) is 14.9. The molecule has 0 radical (unpaired) electrons. The van der Waals surface area contributed by atoms with Gasteiger partial charge >= 0.3 is 6.36 Å². The van der Waals surface area contributed by atoms with Gasteiger partial charge in [0.25, 0.3) is 5.91 Å². The molecule has 0 unspecified atom stereocenters. The van der Waals surface area contributed by atoms with Gasteiger partial charge in [-0.2, -0.15) is 0 Å². The SMILES string of the molecule is C#CO.CC1CC1.CC[C@@H](C[C@H](CC)N(C)Cc1cc(F)c(C(=O)NC)cc1C1CC1)Oc1cc(Cl)cc(OC(F)(F)F)c1.CO. The molecule has 3 N–H and O–H groups in total. The number of halogens is 5. The number of alkyl halides is 3. The van der Waals surface area contributed by atoms with Crippen LogP contribution in [0.4, 0.5) is 17.6 Å². The van der Waals surface area contributed by atoms with Gasteiger partial charge in [-0.1, -0.05) is 51.6 Å². The molecule has 4 rings (SSSR count). The number of nitrogens with one attached hydrogen (secondary N) is 1. The topological polar surface area (TPSA) is 91.3 Å². The maximum absolute atomic E-state index is 14.8. The molecule has 1 amide bonds. The highest BCUT2D eigenvalue weighted by atomic mass is 35.5. The highest BCUT2D eigenvalue weighted by Gasteiger charge is 2.32. The van der Waals surface area contributed by atoms with E-state index >= 15 is 0 Å². The summed E-state index contributed by atoms with van der Waals surface area (Å²) in [5.41, 5.74) is 1.91. The van der Waals surface area contributed by atoms with Crippen molar-refractivity contribution in [1.82, 2.24) is 10.2 Å². The van der Waals surface area contributed by atoms with Gasteiger partial charge in [-0.25, -0.2) is 4.39 Å². The van der Waals surface area contributed by atoms with Crippen molar-refractivity contribution >= 4 is 17.5 Å². The van der Waals surface area contributed by atoms with Crippen LogP contribution in [0.2, 0.25) is 5.02 Å². The molecule has 2 aromatic rings. The van der Waals surface area contributed by atoms with Crippen LogP contribution in [0.5, 0.6) is 11.5 Å². The second-order valence-corrected chi connectivity index (χ2v) is 11.7. The summed E-state index contributed by atoms with van der Waals surface area (Å²) in [6.07, 6.45) is 7.28. The molecule has 2 aliphatic rings. The van der Waals surface area contributed by atoms with E-state index in [0.29, 0.717) is 25.3 Å². The molecule has 2 aliphatic carbocycles. The van der Waals surface area contributed by atoms with Gasteiger partial charge < -0.3 is 25.0 Å². The molecule has 0 spiro atoms. The summed E-state index contributed by atoms with van der Waals surface area (Å²) in [7, 11) is 4.43. The van der Waals surface area contributed by atoms with Crippen molar-refractivity contribution in [2.75, 3.05) is 21.2 Å². The maximum Gasteiger partial charge on any atom is 0.573 e. The lowest BCUT2D eigenvalue weighted by molar-refractivity contribution is -0.274. The smallest absolute Gasteiger partial charge is 0.490 e. The zero-order chi connectivity index (χ0) is 35.0. The van der Waals surface area contributed by atoms with Crippen molar-refractivity contribution in [1.29, 1.82) is 0 Å².